The molecule has 0 aliphatic rings. The maximum Gasteiger partial charge on any atom is 0.0298 e. The largest absolute Gasteiger partial charge is 0.324 e. The van der Waals surface area contributed by atoms with Gasteiger partial charge in [0.05, 0.1) is 0 Å². The molecule has 0 aliphatic carbocycles. The van der Waals surface area contributed by atoms with Crippen LogP contribution < -0.4 is 11.1 Å². The van der Waals surface area contributed by atoms with Crippen LogP contribution in [0.2, 0.25) is 0 Å². The number of rotatable bonds is 9. The minimum Gasteiger partial charge on any atom is -0.324 e. The zero-order valence-corrected chi connectivity index (χ0v) is 15.3. The van der Waals surface area contributed by atoms with E-state index in [0.717, 1.165) is 32.4 Å². The zero-order chi connectivity index (χ0) is 18.0. The van der Waals surface area contributed by atoms with E-state index in [9.17, 15) is 0 Å². The molecule has 1 atom stereocenters. The van der Waals surface area contributed by atoms with Crippen LogP contribution in [0.15, 0.2) is 84.9 Å². The van der Waals surface area contributed by atoms with Gasteiger partial charge in [-0.05, 0) is 48.1 Å². The lowest BCUT2D eigenvalue weighted by molar-refractivity contribution is 0.646. The van der Waals surface area contributed by atoms with Crippen molar-refractivity contribution in [2.24, 2.45) is 5.73 Å². The number of benzene rings is 3. The van der Waals surface area contributed by atoms with Gasteiger partial charge in [0, 0.05) is 12.6 Å². The summed E-state index contributed by atoms with van der Waals surface area (Å²) in [6, 6.07) is 29.9. The van der Waals surface area contributed by atoms with Crippen molar-refractivity contribution in [3.8, 4) is 0 Å². The molecule has 134 valence electrons. The molecule has 1 unspecified atom stereocenters. The summed E-state index contributed by atoms with van der Waals surface area (Å²) in [6.07, 6.45) is 3.04. The Morgan fingerprint density at radius 3 is 2.00 bits per heavy atom. The Balaban J connectivity index is 1.46. The second-order valence-corrected chi connectivity index (χ2v) is 6.79. The summed E-state index contributed by atoms with van der Waals surface area (Å²) >= 11 is 0. The number of hydrogen-bond donors (Lipinski definition) is 2. The van der Waals surface area contributed by atoms with Crippen LogP contribution in [0.4, 0.5) is 0 Å². The topological polar surface area (TPSA) is 38.0 Å². The lowest BCUT2D eigenvalue weighted by Crippen LogP contribution is -2.17. The van der Waals surface area contributed by atoms with Gasteiger partial charge < -0.3 is 11.1 Å². The van der Waals surface area contributed by atoms with E-state index in [4.69, 9.17) is 5.73 Å². The fraction of sp³-hybridized carbons (Fsp3) is 0.250. The van der Waals surface area contributed by atoms with Gasteiger partial charge in [0.25, 0.3) is 0 Å². The molecule has 2 nitrogen and oxygen atoms in total. The van der Waals surface area contributed by atoms with Crippen LogP contribution in [0.5, 0.6) is 0 Å². The Hall–Kier alpha value is -2.42. The molecule has 2 heteroatoms. The first-order chi connectivity index (χ1) is 12.8. The molecule has 0 radical (unpaired) electrons. The average molecular weight is 345 g/mol. The van der Waals surface area contributed by atoms with Crippen molar-refractivity contribution in [2.45, 2.75) is 31.8 Å². The molecule has 0 saturated carbocycles. The molecular weight excluding hydrogens is 316 g/mol. The molecule has 3 rings (SSSR count). The molecule has 26 heavy (non-hydrogen) atoms. The van der Waals surface area contributed by atoms with Gasteiger partial charge in [-0.15, -0.1) is 0 Å². The Morgan fingerprint density at radius 2 is 1.31 bits per heavy atom. The van der Waals surface area contributed by atoms with Gasteiger partial charge in [-0.3, -0.25) is 0 Å². The zero-order valence-electron chi connectivity index (χ0n) is 15.3. The highest BCUT2D eigenvalue weighted by Gasteiger charge is 2.07. The van der Waals surface area contributed by atoms with Gasteiger partial charge in [0.1, 0.15) is 0 Å². The predicted molar refractivity (Wildman–Crippen MR) is 110 cm³/mol. The summed E-state index contributed by atoms with van der Waals surface area (Å²) in [4.78, 5) is 0. The molecule has 3 aromatic carbocycles. The van der Waals surface area contributed by atoms with Gasteiger partial charge in [0.2, 0.25) is 0 Å². The SMILES string of the molecule is NC(CCc1ccccc1)c1cccc(CNCCc2ccccc2)c1. The number of nitrogens with two attached hydrogens (primary N) is 1. The van der Waals surface area contributed by atoms with E-state index in [1.807, 2.05) is 0 Å². The molecule has 0 aromatic heterocycles. The van der Waals surface area contributed by atoms with E-state index in [2.05, 4.69) is 90.2 Å². The van der Waals surface area contributed by atoms with Crippen LogP contribution in [0.25, 0.3) is 0 Å². The van der Waals surface area contributed by atoms with E-state index >= 15 is 0 Å². The monoisotopic (exact) mass is 344 g/mol. The normalized spacial score (nSPS) is 12.0. The molecule has 0 amide bonds. The van der Waals surface area contributed by atoms with Crippen LogP contribution in [0, 0.1) is 0 Å². The third-order valence-electron chi connectivity index (χ3n) is 4.73. The fourth-order valence-corrected chi connectivity index (χ4v) is 3.18. The minimum atomic E-state index is 0.0828. The van der Waals surface area contributed by atoms with Crippen LogP contribution in [0.3, 0.4) is 0 Å². The van der Waals surface area contributed by atoms with Gasteiger partial charge >= 0.3 is 0 Å². The van der Waals surface area contributed by atoms with E-state index < -0.39 is 0 Å². The number of nitrogens with one attached hydrogen (secondary N) is 1. The highest BCUT2D eigenvalue weighted by molar-refractivity contribution is 5.26. The van der Waals surface area contributed by atoms with Crippen LogP contribution in [-0.4, -0.2) is 6.54 Å². The lowest BCUT2D eigenvalue weighted by atomic mass is 9.98. The second kappa shape index (κ2) is 9.91. The molecule has 3 aromatic rings. The molecular formula is C24H28N2. The minimum absolute atomic E-state index is 0.0828. The first-order valence-electron chi connectivity index (χ1n) is 9.44. The number of aryl methyl sites for hydroxylation is 1. The Kier molecular flexibility index (Phi) is 7.00. The van der Waals surface area contributed by atoms with E-state index in [1.165, 1.54) is 22.3 Å². The van der Waals surface area contributed by atoms with Crippen LogP contribution in [0.1, 0.15) is 34.7 Å². The summed E-state index contributed by atoms with van der Waals surface area (Å²) in [5.74, 6) is 0. The van der Waals surface area contributed by atoms with Gasteiger partial charge in [-0.25, -0.2) is 0 Å². The molecule has 3 N–H and O–H groups in total. The standard InChI is InChI=1S/C24H28N2/c25-24(15-14-20-8-3-1-4-9-20)23-13-7-12-22(18-23)19-26-17-16-21-10-5-2-6-11-21/h1-13,18,24,26H,14-17,19,25H2. The van der Waals surface area contributed by atoms with Crippen LogP contribution >= 0.6 is 0 Å². The Labute approximate surface area is 157 Å². The van der Waals surface area contributed by atoms with Crippen molar-refractivity contribution >= 4 is 0 Å². The highest BCUT2D eigenvalue weighted by Crippen LogP contribution is 2.18. The van der Waals surface area contributed by atoms with E-state index in [0.29, 0.717) is 0 Å². The summed E-state index contributed by atoms with van der Waals surface area (Å²) < 4.78 is 0. The predicted octanol–water partition coefficient (Wildman–Crippen LogP) is 4.65. The van der Waals surface area contributed by atoms with E-state index in [1.54, 1.807) is 0 Å². The van der Waals surface area contributed by atoms with Crippen molar-refractivity contribution in [2.75, 3.05) is 6.54 Å². The molecule has 0 fully saturated rings. The van der Waals surface area contributed by atoms with Crippen LogP contribution in [-0.2, 0) is 19.4 Å². The van der Waals surface area contributed by atoms with Crippen molar-refractivity contribution in [1.29, 1.82) is 0 Å². The highest BCUT2D eigenvalue weighted by atomic mass is 14.8. The number of hydrogen-bond acceptors (Lipinski definition) is 2. The quantitative estimate of drug-likeness (QED) is 0.554. The van der Waals surface area contributed by atoms with Crippen molar-refractivity contribution < 1.29 is 0 Å². The first kappa shape index (κ1) is 18.4. The molecule has 0 heterocycles. The summed E-state index contributed by atoms with van der Waals surface area (Å²) in [7, 11) is 0. The summed E-state index contributed by atoms with van der Waals surface area (Å²) in [5, 5.41) is 3.53. The third kappa shape index (κ3) is 5.83. The third-order valence-corrected chi connectivity index (χ3v) is 4.73. The maximum atomic E-state index is 6.42. The van der Waals surface area contributed by atoms with Gasteiger partial charge in [-0.2, -0.15) is 0 Å². The Bertz CT molecular complexity index is 768. The van der Waals surface area contributed by atoms with E-state index in [-0.39, 0.29) is 6.04 Å². The summed E-state index contributed by atoms with van der Waals surface area (Å²) in [5.41, 5.74) is 11.7. The van der Waals surface area contributed by atoms with Gasteiger partial charge in [-0.1, -0.05) is 84.9 Å². The van der Waals surface area contributed by atoms with Gasteiger partial charge in [0.15, 0.2) is 0 Å². The maximum absolute atomic E-state index is 6.42. The van der Waals surface area contributed by atoms with Crippen molar-refractivity contribution in [3.05, 3.63) is 107 Å². The smallest absolute Gasteiger partial charge is 0.0298 e. The second-order valence-electron chi connectivity index (χ2n) is 6.79. The summed E-state index contributed by atoms with van der Waals surface area (Å²) in [6.45, 7) is 1.86. The van der Waals surface area contributed by atoms with Crippen molar-refractivity contribution in [3.63, 3.8) is 0 Å². The molecule has 0 spiro atoms. The molecule has 0 aliphatic heterocycles. The lowest BCUT2D eigenvalue weighted by Gasteiger charge is -2.14. The molecule has 0 saturated heterocycles. The Morgan fingerprint density at radius 1 is 0.692 bits per heavy atom. The molecule has 0 bridgehead atoms. The average Bonchev–Trinajstić information content (AvgIpc) is 2.71. The first-order valence-corrected chi connectivity index (χ1v) is 9.44. The fourth-order valence-electron chi connectivity index (χ4n) is 3.18. The van der Waals surface area contributed by atoms with Crippen molar-refractivity contribution in [1.82, 2.24) is 5.32 Å².